The van der Waals surface area contributed by atoms with E-state index in [1.807, 2.05) is 0 Å². The molecule has 0 bridgehead atoms. The molecule has 0 saturated carbocycles. The van der Waals surface area contributed by atoms with Crippen LogP contribution in [0.2, 0.25) is 0 Å². The average molecular weight is 270 g/mol. The van der Waals surface area contributed by atoms with Crippen molar-refractivity contribution in [3.63, 3.8) is 0 Å². The molecule has 1 unspecified atom stereocenters. The molecule has 1 heterocycles. The van der Waals surface area contributed by atoms with Crippen molar-refractivity contribution in [2.45, 2.75) is 31.8 Å². The van der Waals surface area contributed by atoms with Crippen LogP contribution in [0.3, 0.4) is 0 Å². The number of hydrogen-bond donors (Lipinski definition) is 1. The van der Waals surface area contributed by atoms with Gasteiger partial charge in [-0.3, -0.25) is 4.90 Å². The van der Waals surface area contributed by atoms with E-state index >= 15 is 0 Å². The number of hydrogen-bond acceptors (Lipinski definition) is 2. The third-order valence-corrected chi connectivity index (χ3v) is 3.52. The topological polar surface area (TPSA) is 29.3 Å². The number of rotatable bonds is 3. The first-order chi connectivity index (χ1) is 8.56. The van der Waals surface area contributed by atoms with Gasteiger partial charge in [-0.15, -0.1) is 0 Å². The predicted molar refractivity (Wildman–Crippen MR) is 71.2 cm³/mol. The summed E-state index contributed by atoms with van der Waals surface area (Å²) in [5, 5.41) is 0. The van der Waals surface area contributed by atoms with Crippen molar-refractivity contribution in [3.05, 3.63) is 35.4 Å². The normalized spacial score (nSPS) is 20.9. The number of nitrogens with zero attached hydrogens (tertiary/aromatic N) is 1. The minimum atomic E-state index is -0.547. The van der Waals surface area contributed by atoms with Crippen LogP contribution in [0.25, 0.3) is 0 Å². The Bertz CT molecular complexity index is 430. The maximum absolute atomic E-state index is 13.1. The van der Waals surface area contributed by atoms with Crippen molar-refractivity contribution in [1.82, 2.24) is 4.90 Å². The summed E-state index contributed by atoms with van der Waals surface area (Å²) in [6.45, 7) is 1.34. The van der Waals surface area contributed by atoms with Crippen molar-refractivity contribution in [1.29, 1.82) is 0 Å². The summed E-state index contributed by atoms with van der Waals surface area (Å²) in [5.74, 6) is -1.09. The minimum Gasteiger partial charge on any atom is -0.392 e. The third kappa shape index (κ3) is 3.23. The second kappa shape index (κ2) is 5.71. The Kier molecular flexibility index (Phi) is 4.24. The van der Waals surface area contributed by atoms with Gasteiger partial charge in [0.05, 0.1) is 11.0 Å². The number of halogens is 2. The zero-order chi connectivity index (χ0) is 13.1. The Morgan fingerprint density at radius 1 is 1.28 bits per heavy atom. The van der Waals surface area contributed by atoms with E-state index in [4.69, 9.17) is 18.0 Å². The molecule has 18 heavy (non-hydrogen) atoms. The zero-order valence-corrected chi connectivity index (χ0v) is 10.9. The van der Waals surface area contributed by atoms with Crippen LogP contribution in [0.5, 0.6) is 0 Å². The first-order valence-corrected chi connectivity index (χ1v) is 6.45. The van der Waals surface area contributed by atoms with Crippen LogP contribution in [0, 0.1) is 11.6 Å². The number of likely N-dealkylation sites (tertiary alicyclic amines) is 1. The van der Waals surface area contributed by atoms with Crippen molar-refractivity contribution in [3.8, 4) is 0 Å². The summed E-state index contributed by atoms with van der Waals surface area (Å²) in [4.78, 5) is 2.56. The van der Waals surface area contributed by atoms with E-state index in [0.717, 1.165) is 31.9 Å². The monoisotopic (exact) mass is 270 g/mol. The molecule has 1 atom stereocenters. The van der Waals surface area contributed by atoms with E-state index in [1.165, 1.54) is 12.1 Å². The number of thiocarbonyl (C=S) groups is 1. The molecule has 1 aromatic carbocycles. The van der Waals surface area contributed by atoms with Gasteiger partial charge < -0.3 is 5.73 Å². The summed E-state index contributed by atoms with van der Waals surface area (Å²) in [6.07, 6.45) is 3.08. The van der Waals surface area contributed by atoms with Crippen LogP contribution in [-0.2, 0) is 6.54 Å². The van der Waals surface area contributed by atoms with Crippen molar-refractivity contribution in [2.24, 2.45) is 5.73 Å². The second-order valence-electron chi connectivity index (χ2n) is 4.66. The van der Waals surface area contributed by atoms with Crippen LogP contribution in [0.4, 0.5) is 8.78 Å². The largest absolute Gasteiger partial charge is 0.392 e. The van der Waals surface area contributed by atoms with E-state index in [0.29, 0.717) is 17.1 Å². The molecule has 98 valence electrons. The molecule has 5 heteroatoms. The lowest BCUT2D eigenvalue weighted by Crippen LogP contribution is -2.46. The maximum atomic E-state index is 13.1. The highest BCUT2D eigenvalue weighted by atomic mass is 32.1. The number of benzene rings is 1. The van der Waals surface area contributed by atoms with Gasteiger partial charge in [-0.25, -0.2) is 8.78 Å². The van der Waals surface area contributed by atoms with E-state index in [9.17, 15) is 8.78 Å². The quantitative estimate of drug-likeness (QED) is 0.856. The summed E-state index contributed by atoms with van der Waals surface area (Å²) in [5.41, 5.74) is 6.33. The molecule has 0 aliphatic carbocycles. The maximum Gasteiger partial charge on any atom is 0.126 e. The molecule has 0 spiro atoms. The van der Waals surface area contributed by atoms with Gasteiger partial charge in [0.1, 0.15) is 11.6 Å². The van der Waals surface area contributed by atoms with Crippen molar-refractivity contribution in [2.75, 3.05) is 6.54 Å². The summed E-state index contributed by atoms with van der Waals surface area (Å²) in [6, 6.07) is 3.63. The number of piperidine rings is 1. The minimum absolute atomic E-state index is 0.0417. The molecule has 0 radical (unpaired) electrons. The fourth-order valence-electron chi connectivity index (χ4n) is 2.44. The molecule has 2 rings (SSSR count). The van der Waals surface area contributed by atoms with E-state index < -0.39 is 11.6 Å². The van der Waals surface area contributed by atoms with Crippen LogP contribution in [0.15, 0.2) is 18.2 Å². The lowest BCUT2D eigenvalue weighted by molar-refractivity contribution is 0.184. The Hall–Kier alpha value is -1.07. The van der Waals surface area contributed by atoms with E-state index in [2.05, 4.69) is 4.90 Å². The molecule has 1 saturated heterocycles. The molecular weight excluding hydrogens is 254 g/mol. The van der Waals surface area contributed by atoms with Gasteiger partial charge in [-0.05, 0) is 37.1 Å². The molecule has 0 amide bonds. The van der Waals surface area contributed by atoms with Gasteiger partial charge in [-0.1, -0.05) is 18.6 Å². The highest BCUT2D eigenvalue weighted by Gasteiger charge is 2.24. The van der Waals surface area contributed by atoms with Gasteiger partial charge in [-0.2, -0.15) is 0 Å². The molecule has 2 N–H and O–H groups in total. The Balaban J connectivity index is 2.13. The van der Waals surface area contributed by atoms with Crippen LogP contribution in [0.1, 0.15) is 24.8 Å². The summed E-state index contributed by atoms with van der Waals surface area (Å²) in [7, 11) is 0. The zero-order valence-electron chi connectivity index (χ0n) is 10.0. The van der Waals surface area contributed by atoms with E-state index in [1.54, 1.807) is 0 Å². The highest BCUT2D eigenvalue weighted by molar-refractivity contribution is 7.80. The lowest BCUT2D eigenvalue weighted by atomic mass is 10.0. The SMILES string of the molecule is NC(=S)C1CCCCN1Cc1cc(F)cc(F)c1. The molecule has 1 aliphatic rings. The predicted octanol–water partition coefficient (Wildman–Crippen LogP) is 2.61. The lowest BCUT2D eigenvalue weighted by Gasteiger charge is -2.35. The molecule has 0 aromatic heterocycles. The average Bonchev–Trinajstić information content (AvgIpc) is 2.27. The Morgan fingerprint density at radius 3 is 2.56 bits per heavy atom. The van der Waals surface area contributed by atoms with Gasteiger partial charge in [0.2, 0.25) is 0 Å². The molecular formula is C13H16F2N2S. The summed E-state index contributed by atoms with van der Waals surface area (Å²) >= 11 is 5.05. The van der Waals surface area contributed by atoms with Gasteiger partial charge in [0.15, 0.2) is 0 Å². The van der Waals surface area contributed by atoms with Gasteiger partial charge in [0, 0.05) is 12.6 Å². The van der Waals surface area contributed by atoms with Crippen LogP contribution >= 0.6 is 12.2 Å². The number of nitrogens with two attached hydrogens (primary N) is 1. The first-order valence-electron chi connectivity index (χ1n) is 6.04. The Labute approximate surface area is 111 Å². The van der Waals surface area contributed by atoms with Gasteiger partial charge in [0.25, 0.3) is 0 Å². The fraction of sp³-hybridized carbons (Fsp3) is 0.462. The van der Waals surface area contributed by atoms with E-state index in [-0.39, 0.29) is 6.04 Å². The smallest absolute Gasteiger partial charge is 0.126 e. The first kappa shape index (κ1) is 13.4. The third-order valence-electron chi connectivity index (χ3n) is 3.25. The second-order valence-corrected chi connectivity index (χ2v) is 5.13. The molecule has 1 fully saturated rings. The van der Waals surface area contributed by atoms with Crippen LogP contribution in [-0.4, -0.2) is 22.5 Å². The molecule has 2 nitrogen and oxygen atoms in total. The molecule has 1 aliphatic heterocycles. The standard InChI is InChI=1S/C13H16F2N2S/c14-10-5-9(6-11(15)7-10)8-17-4-2-1-3-12(17)13(16)18/h5-7,12H,1-4,8H2,(H2,16,18). The van der Waals surface area contributed by atoms with Crippen molar-refractivity contribution < 1.29 is 8.78 Å². The molecule has 1 aromatic rings. The van der Waals surface area contributed by atoms with Gasteiger partial charge >= 0.3 is 0 Å². The van der Waals surface area contributed by atoms with Crippen molar-refractivity contribution >= 4 is 17.2 Å². The fourth-order valence-corrected chi connectivity index (χ4v) is 2.71. The Morgan fingerprint density at radius 2 is 1.94 bits per heavy atom. The van der Waals surface area contributed by atoms with Crippen LogP contribution < -0.4 is 5.73 Å². The summed E-state index contributed by atoms with van der Waals surface area (Å²) < 4.78 is 26.3. The highest BCUT2D eigenvalue weighted by Crippen LogP contribution is 2.20.